The van der Waals surface area contributed by atoms with E-state index in [0.29, 0.717) is 11.6 Å². The fourth-order valence-corrected chi connectivity index (χ4v) is 3.36. The lowest BCUT2D eigenvalue weighted by molar-refractivity contribution is 0.0764. The van der Waals surface area contributed by atoms with Gasteiger partial charge in [-0.05, 0) is 19.3 Å². The molecule has 18 heavy (non-hydrogen) atoms. The van der Waals surface area contributed by atoms with Gasteiger partial charge in [0.25, 0.3) is 0 Å². The van der Waals surface area contributed by atoms with E-state index in [4.69, 9.17) is 6.42 Å². The van der Waals surface area contributed by atoms with Gasteiger partial charge in [0.2, 0.25) is 0 Å². The number of nitrogens with one attached hydrogen (secondary N) is 1. The number of terminal acetylenes is 1. The van der Waals surface area contributed by atoms with Crippen molar-refractivity contribution in [2.24, 2.45) is 0 Å². The van der Waals surface area contributed by atoms with Gasteiger partial charge in [-0.2, -0.15) is 0 Å². The maximum Gasteiger partial charge on any atom is 0.0545 e. The average Bonchev–Trinajstić information content (AvgIpc) is 2.43. The Labute approximate surface area is 117 Å². The minimum Gasteiger partial charge on any atom is -0.308 e. The molecule has 0 saturated carbocycles. The molecule has 1 atom stereocenters. The van der Waals surface area contributed by atoms with Gasteiger partial charge in [-0.25, -0.2) is 0 Å². The third kappa shape index (κ3) is 4.19. The van der Waals surface area contributed by atoms with Crippen LogP contribution in [0.5, 0.6) is 0 Å². The van der Waals surface area contributed by atoms with Crippen molar-refractivity contribution in [3.8, 4) is 12.3 Å². The zero-order valence-corrected chi connectivity index (χ0v) is 13.0. The van der Waals surface area contributed by atoms with Crippen LogP contribution in [0.3, 0.4) is 0 Å². The molecule has 1 heterocycles. The lowest BCUT2D eigenvalue weighted by Gasteiger charge is -2.47. The van der Waals surface area contributed by atoms with Gasteiger partial charge in [-0.15, -0.1) is 18.2 Å². The largest absolute Gasteiger partial charge is 0.308 e. The molecule has 1 N–H and O–H groups in total. The van der Waals surface area contributed by atoms with Gasteiger partial charge in [0.15, 0.2) is 0 Å². The standard InChI is InChI=1S/C15H28N2S/c1-5-10-18-11-9-17-13-15(7-3,8-4)16-12-14(17)6-2/h1,14,16H,6-13H2,2-4H3. The molecule has 1 rings (SSSR count). The molecule has 2 nitrogen and oxygen atoms in total. The Bertz CT molecular complexity index is 268. The van der Waals surface area contributed by atoms with Crippen LogP contribution in [0.4, 0.5) is 0 Å². The Morgan fingerprint density at radius 2 is 2.11 bits per heavy atom. The van der Waals surface area contributed by atoms with E-state index in [1.54, 1.807) is 0 Å². The second-order valence-corrected chi connectivity index (χ2v) is 6.26. The first-order valence-corrected chi connectivity index (χ1v) is 8.37. The fraction of sp³-hybridized carbons (Fsp3) is 0.867. The number of hydrogen-bond donors (Lipinski definition) is 1. The number of piperazine rings is 1. The van der Waals surface area contributed by atoms with Crippen LogP contribution in [-0.2, 0) is 0 Å². The molecule has 0 radical (unpaired) electrons. The summed E-state index contributed by atoms with van der Waals surface area (Å²) < 4.78 is 0. The highest BCUT2D eigenvalue weighted by Crippen LogP contribution is 2.24. The summed E-state index contributed by atoms with van der Waals surface area (Å²) in [5, 5.41) is 3.78. The van der Waals surface area contributed by atoms with Gasteiger partial charge in [0, 0.05) is 37.0 Å². The Morgan fingerprint density at radius 3 is 2.67 bits per heavy atom. The highest BCUT2D eigenvalue weighted by Gasteiger charge is 2.35. The summed E-state index contributed by atoms with van der Waals surface area (Å²) >= 11 is 1.88. The quantitative estimate of drug-likeness (QED) is 0.564. The normalized spacial score (nSPS) is 23.8. The van der Waals surface area contributed by atoms with E-state index in [2.05, 4.69) is 36.9 Å². The smallest absolute Gasteiger partial charge is 0.0545 e. The van der Waals surface area contributed by atoms with Crippen LogP contribution in [0.25, 0.3) is 0 Å². The molecule has 1 aliphatic rings. The minimum atomic E-state index is 0.336. The van der Waals surface area contributed by atoms with Gasteiger partial charge in [0.1, 0.15) is 0 Å². The first kappa shape index (κ1) is 15.9. The summed E-state index contributed by atoms with van der Waals surface area (Å²) in [7, 11) is 0. The van der Waals surface area contributed by atoms with E-state index in [9.17, 15) is 0 Å². The Morgan fingerprint density at radius 1 is 1.39 bits per heavy atom. The first-order valence-electron chi connectivity index (χ1n) is 7.21. The van der Waals surface area contributed by atoms with Crippen molar-refractivity contribution < 1.29 is 0 Å². The molecule has 0 amide bonds. The minimum absolute atomic E-state index is 0.336. The molecule has 0 aromatic heterocycles. The summed E-state index contributed by atoms with van der Waals surface area (Å²) in [4.78, 5) is 2.67. The van der Waals surface area contributed by atoms with Crippen molar-refractivity contribution >= 4 is 11.8 Å². The third-order valence-electron chi connectivity index (χ3n) is 4.27. The summed E-state index contributed by atoms with van der Waals surface area (Å²) in [5.74, 6) is 4.70. The molecule has 1 aliphatic heterocycles. The van der Waals surface area contributed by atoms with Gasteiger partial charge in [-0.3, -0.25) is 4.90 Å². The third-order valence-corrected chi connectivity index (χ3v) is 5.11. The van der Waals surface area contributed by atoms with E-state index < -0.39 is 0 Å². The van der Waals surface area contributed by atoms with Crippen LogP contribution >= 0.6 is 11.8 Å². The molecule has 3 heteroatoms. The van der Waals surface area contributed by atoms with Crippen LogP contribution in [-0.4, -0.2) is 47.6 Å². The fourth-order valence-electron chi connectivity index (χ4n) is 2.74. The predicted molar refractivity (Wildman–Crippen MR) is 83.1 cm³/mol. The van der Waals surface area contributed by atoms with Crippen LogP contribution in [0.15, 0.2) is 0 Å². The second-order valence-electron chi connectivity index (χ2n) is 5.16. The van der Waals surface area contributed by atoms with Crippen molar-refractivity contribution in [1.82, 2.24) is 10.2 Å². The zero-order chi connectivity index (χ0) is 13.4. The van der Waals surface area contributed by atoms with E-state index in [-0.39, 0.29) is 0 Å². The van der Waals surface area contributed by atoms with Crippen LogP contribution < -0.4 is 5.32 Å². The number of rotatable bonds is 7. The lowest BCUT2D eigenvalue weighted by atomic mass is 9.88. The lowest BCUT2D eigenvalue weighted by Crippen LogP contribution is -2.63. The maximum atomic E-state index is 5.29. The van der Waals surface area contributed by atoms with Gasteiger partial charge in [-0.1, -0.05) is 26.7 Å². The number of hydrogen-bond acceptors (Lipinski definition) is 3. The number of thioether (sulfide) groups is 1. The molecular formula is C15H28N2S. The zero-order valence-electron chi connectivity index (χ0n) is 12.2. The van der Waals surface area contributed by atoms with Crippen molar-refractivity contribution in [1.29, 1.82) is 0 Å². The van der Waals surface area contributed by atoms with Crippen molar-refractivity contribution in [2.45, 2.75) is 51.6 Å². The molecule has 1 unspecified atom stereocenters. The van der Waals surface area contributed by atoms with E-state index in [1.807, 2.05) is 11.8 Å². The molecule has 0 aromatic carbocycles. The topological polar surface area (TPSA) is 15.3 Å². The highest BCUT2D eigenvalue weighted by atomic mass is 32.2. The van der Waals surface area contributed by atoms with Gasteiger partial charge >= 0.3 is 0 Å². The first-order chi connectivity index (χ1) is 8.71. The average molecular weight is 268 g/mol. The van der Waals surface area contributed by atoms with Gasteiger partial charge in [0.05, 0.1) is 5.75 Å². The second kappa shape index (κ2) is 8.09. The predicted octanol–water partition coefficient (Wildman–Crippen LogP) is 2.60. The van der Waals surface area contributed by atoms with Crippen molar-refractivity contribution in [2.75, 3.05) is 31.1 Å². The van der Waals surface area contributed by atoms with Crippen molar-refractivity contribution in [3.05, 3.63) is 0 Å². The van der Waals surface area contributed by atoms with Gasteiger partial charge < -0.3 is 5.32 Å². The van der Waals surface area contributed by atoms with E-state index in [1.165, 1.54) is 32.4 Å². The summed E-state index contributed by atoms with van der Waals surface area (Å²) in [5.41, 5.74) is 0.336. The van der Waals surface area contributed by atoms with Crippen LogP contribution in [0.2, 0.25) is 0 Å². The van der Waals surface area contributed by atoms with Crippen LogP contribution in [0.1, 0.15) is 40.0 Å². The monoisotopic (exact) mass is 268 g/mol. The summed E-state index contributed by atoms with van der Waals surface area (Å²) in [6, 6.07) is 0.697. The molecule has 0 aromatic rings. The molecule has 0 bridgehead atoms. The van der Waals surface area contributed by atoms with Crippen molar-refractivity contribution in [3.63, 3.8) is 0 Å². The Kier molecular flexibility index (Phi) is 7.14. The molecule has 0 spiro atoms. The maximum absolute atomic E-state index is 5.29. The highest BCUT2D eigenvalue weighted by molar-refractivity contribution is 7.99. The molecule has 1 fully saturated rings. The molecular weight excluding hydrogens is 240 g/mol. The van der Waals surface area contributed by atoms with E-state index in [0.717, 1.165) is 18.1 Å². The molecule has 104 valence electrons. The molecule has 1 saturated heterocycles. The summed E-state index contributed by atoms with van der Waals surface area (Å²) in [6.45, 7) is 10.4. The van der Waals surface area contributed by atoms with Crippen LogP contribution in [0, 0.1) is 12.3 Å². The summed E-state index contributed by atoms with van der Waals surface area (Å²) in [6.07, 6.45) is 8.96. The Hall–Kier alpha value is -0.170. The Balaban J connectivity index is 2.51. The SMILES string of the molecule is C#CCSCCN1CC(CC)(CC)NCC1CC. The molecule has 0 aliphatic carbocycles. The van der Waals surface area contributed by atoms with E-state index >= 15 is 0 Å². The number of nitrogens with zero attached hydrogens (tertiary/aromatic N) is 1.